The molecule has 6 nitrogen and oxygen atoms in total. The molecule has 1 heterocycles. The molecule has 0 aromatic heterocycles. The number of nitrogens with zero attached hydrogens (tertiary/aromatic N) is 1. The van der Waals surface area contributed by atoms with Crippen molar-refractivity contribution in [3.63, 3.8) is 0 Å². The molecule has 1 aliphatic heterocycles. The van der Waals surface area contributed by atoms with E-state index in [9.17, 15) is 13.2 Å². The van der Waals surface area contributed by atoms with Crippen LogP contribution in [-0.4, -0.2) is 68.5 Å². The summed E-state index contributed by atoms with van der Waals surface area (Å²) in [4.78, 5) is 13.3. The van der Waals surface area contributed by atoms with Gasteiger partial charge in [0, 0.05) is 50.4 Å². The summed E-state index contributed by atoms with van der Waals surface area (Å²) < 4.78 is 23.6. The summed E-state index contributed by atoms with van der Waals surface area (Å²) in [6, 6.07) is -0.217. The van der Waals surface area contributed by atoms with Gasteiger partial charge in [-0.3, -0.25) is 9.69 Å². The lowest BCUT2D eigenvalue weighted by atomic mass is 10.1. The summed E-state index contributed by atoms with van der Waals surface area (Å²) in [5, 5.41) is 2.01. The van der Waals surface area contributed by atoms with E-state index in [1.165, 1.54) is 6.26 Å². The van der Waals surface area contributed by atoms with Gasteiger partial charge in [0.05, 0.1) is 0 Å². The van der Waals surface area contributed by atoms with Crippen molar-refractivity contribution in [2.75, 3.05) is 37.9 Å². The van der Waals surface area contributed by atoms with Crippen molar-refractivity contribution in [1.29, 1.82) is 0 Å². The Labute approximate surface area is 113 Å². The Bertz CT molecular complexity index is 386. The second kappa shape index (κ2) is 6.74. The first-order valence-corrected chi connectivity index (χ1v) is 8.94. The minimum atomic E-state index is -3.15. The Morgan fingerprint density at radius 1 is 1.61 bits per heavy atom. The van der Waals surface area contributed by atoms with Gasteiger partial charge in [-0.25, -0.2) is 8.42 Å². The van der Waals surface area contributed by atoms with Gasteiger partial charge in [-0.1, -0.05) is 0 Å². The molecule has 3 N–H and O–H groups in total. The summed E-state index contributed by atoms with van der Waals surface area (Å²) in [7, 11) is -1.59. The summed E-state index contributed by atoms with van der Waals surface area (Å²) in [5.41, 5.74) is 5.69. The largest absolute Gasteiger partial charge is 0.359 e. The van der Waals surface area contributed by atoms with Crippen LogP contribution in [0.15, 0.2) is 0 Å². The van der Waals surface area contributed by atoms with E-state index < -0.39 is 15.2 Å². The molecule has 106 valence electrons. The molecule has 1 fully saturated rings. The fourth-order valence-electron chi connectivity index (χ4n) is 2.03. The van der Waals surface area contributed by atoms with Gasteiger partial charge < -0.3 is 11.1 Å². The second-order valence-corrected chi connectivity index (χ2v) is 7.72. The lowest BCUT2D eigenvalue weighted by Crippen LogP contribution is -2.55. The highest BCUT2D eigenvalue weighted by atomic mass is 32.2. The van der Waals surface area contributed by atoms with Gasteiger partial charge in [-0.15, -0.1) is 0 Å². The molecule has 0 bridgehead atoms. The van der Waals surface area contributed by atoms with E-state index in [0.29, 0.717) is 12.3 Å². The van der Waals surface area contributed by atoms with E-state index in [2.05, 4.69) is 5.32 Å². The number of nitrogens with one attached hydrogen (secondary N) is 1. The highest BCUT2D eigenvalue weighted by Crippen LogP contribution is 2.23. The summed E-state index contributed by atoms with van der Waals surface area (Å²) in [6.07, 6.45) is 1.48. The molecular weight excluding hydrogens is 274 g/mol. The molecule has 1 rings (SSSR count). The third-order valence-corrected chi connectivity index (χ3v) is 5.72. The number of amides is 1. The summed E-state index contributed by atoms with van der Waals surface area (Å²) in [5.74, 6) is 1.30. The average Bonchev–Trinajstić information content (AvgIpc) is 2.34. The number of carbonyl (C=O) groups is 1. The van der Waals surface area contributed by atoms with Gasteiger partial charge in [-0.2, -0.15) is 11.8 Å². The van der Waals surface area contributed by atoms with Crippen LogP contribution < -0.4 is 11.1 Å². The van der Waals surface area contributed by atoms with E-state index >= 15 is 0 Å². The molecule has 0 radical (unpaired) electrons. The van der Waals surface area contributed by atoms with Crippen LogP contribution in [0.25, 0.3) is 0 Å². The lowest BCUT2D eigenvalue weighted by molar-refractivity contribution is -0.121. The SMILES string of the molecule is CNC(=O)CC(CN)N1CCSCC1S(C)(=O)=O. The molecule has 0 aliphatic carbocycles. The van der Waals surface area contributed by atoms with Crippen molar-refractivity contribution in [2.24, 2.45) is 5.73 Å². The van der Waals surface area contributed by atoms with E-state index in [4.69, 9.17) is 5.73 Å². The van der Waals surface area contributed by atoms with Crippen LogP contribution in [0.5, 0.6) is 0 Å². The number of hydrogen-bond acceptors (Lipinski definition) is 6. The molecule has 2 unspecified atom stereocenters. The summed E-state index contributed by atoms with van der Waals surface area (Å²) >= 11 is 1.62. The number of hydrogen-bond donors (Lipinski definition) is 2. The van der Waals surface area contributed by atoms with Crippen molar-refractivity contribution in [3.05, 3.63) is 0 Å². The third kappa shape index (κ3) is 4.11. The predicted octanol–water partition coefficient (Wildman–Crippen LogP) is -1.13. The maximum Gasteiger partial charge on any atom is 0.221 e. The fourth-order valence-corrected chi connectivity index (χ4v) is 4.98. The zero-order valence-corrected chi connectivity index (χ0v) is 12.4. The van der Waals surface area contributed by atoms with Crippen molar-refractivity contribution in [3.8, 4) is 0 Å². The van der Waals surface area contributed by atoms with Gasteiger partial charge in [0.25, 0.3) is 0 Å². The van der Waals surface area contributed by atoms with Crippen LogP contribution in [0.4, 0.5) is 0 Å². The Balaban J connectivity index is 2.83. The number of nitrogens with two attached hydrogens (primary N) is 1. The molecule has 1 amide bonds. The van der Waals surface area contributed by atoms with Gasteiger partial charge in [0.2, 0.25) is 5.91 Å². The van der Waals surface area contributed by atoms with Crippen LogP contribution in [0, 0.1) is 0 Å². The van der Waals surface area contributed by atoms with Crippen LogP contribution in [-0.2, 0) is 14.6 Å². The van der Waals surface area contributed by atoms with Gasteiger partial charge in [-0.05, 0) is 0 Å². The first-order valence-electron chi connectivity index (χ1n) is 5.83. The average molecular weight is 295 g/mol. The third-order valence-electron chi connectivity index (χ3n) is 3.06. The number of thioether (sulfide) groups is 1. The molecule has 8 heteroatoms. The quantitative estimate of drug-likeness (QED) is 0.667. The minimum absolute atomic E-state index is 0.115. The van der Waals surface area contributed by atoms with Crippen molar-refractivity contribution in [1.82, 2.24) is 10.2 Å². The topological polar surface area (TPSA) is 92.5 Å². The zero-order valence-electron chi connectivity index (χ0n) is 10.8. The van der Waals surface area contributed by atoms with Gasteiger partial charge in [0.15, 0.2) is 9.84 Å². The van der Waals surface area contributed by atoms with Crippen LogP contribution >= 0.6 is 11.8 Å². The Hall–Kier alpha value is -0.310. The smallest absolute Gasteiger partial charge is 0.221 e. The molecule has 0 spiro atoms. The molecular formula is C10H21N3O3S2. The normalized spacial score (nSPS) is 23.6. The van der Waals surface area contributed by atoms with Crippen LogP contribution in [0.2, 0.25) is 0 Å². The van der Waals surface area contributed by atoms with E-state index in [0.717, 1.165) is 5.75 Å². The molecule has 1 aliphatic rings. The molecule has 0 saturated carbocycles. The highest BCUT2D eigenvalue weighted by molar-refractivity contribution is 8.00. The van der Waals surface area contributed by atoms with Crippen LogP contribution in [0.3, 0.4) is 0 Å². The molecule has 2 atom stereocenters. The highest BCUT2D eigenvalue weighted by Gasteiger charge is 2.35. The van der Waals surface area contributed by atoms with Crippen LogP contribution in [0.1, 0.15) is 6.42 Å². The Morgan fingerprint density at radius 3 is 2.78 bits per heavy atom. The van der Waals surface area contributed by atoms with Crippen molar-refractivity contribution >= 4 is 27.5 Å². The van der Waals surface area contributed by atoms with Gasteiger partial charge >= 0.3 is 0 Å². The van der Waals surface area contributed by atoms with Crippen molar-refractivity contribution in [2.45, 2.75) is 17.8 Å². The maximum atomic E-state index is 11.8. The Morgan fingerprint density at radius 2 is 2.28 bits per heavy atom. The van der Waals surface area contributed by atoms with E-state index in [1.807, 2.05) is 4.90 Å². The second-order valence-electron chi connectivity index (χ2n) is 4.36. The van der Waals surface area contributed by atoms with Crippen molar-refractivity contribution < 1.29 is 13.2 Å². The molecule has 18 heavy (non-hydrogen) atoms. The Kier molecular flexibility index (Phi) is 5.90. The summed E-state index contributed by atoms with van der Waals surface area (Å²) in [6.45, 7) is 0.936. The maximum absolute atomic E-state index is 11.8. The number of sulfone groups is 1. The first kappa shape index (κ1) is 15.7. The molecule has 1 saturated heterocycles. The van der Waals surface area contributed by atoms with E-state index in [1.54, 1.807) is 18.8 Å². The first-order chi connectivity index (χ1) is 8.40. The molecule has 0 aromatic carbocycles. The number of rotatable bonds is 5. The van der Waals surface area contributed by atoms with Gasteiger partial charge in [0.1, 0.15) is 5.37 Å². The fraction of sp³-hybridized carbons (Fsp3) is 0.900. The van der Waals surface area contributed by atoms with E-state index in [-0.39, 0.29) is 24.9 Å². The predicted molar refractivity (Wildman–Crippen MR) is 74.2 cm³/mol. The zero-order chi connectivity index (χ0) is 13.8. The monoisotopic (exact) mass is 295 g/mol. The molecule has 0 aromatic rings. The lowest BCUT2D eigenvalue weighted by Gasteiger charge is -2.39. The minimum Gasteiger partial charge on any atom is -0.359 e. The standard InChI is InChI=1S/C10H21N3O3S2/c1-12-9(14)5-8(6-11)13-3-4-17-7-10(13)18(2,15)16/h8,10H,3-7,11H2,1-2H3,(H,12,14). The number of carbonyl (C=O) groups excluding carboxylic acids is 1.